The van der Waals surface area contributed by atoms with Gasteiger partial charge >= 0.3 is 0 Å². The average molecular weight is 421 g/mol. The normalized spacial score (nSPS) is 12.8. The lowest BCUT2D eigenvalue weighted by molar-refractivity contribution is 0.0953. The molecule has 3 aromatic rings. The molecule has 0 saturated heterocycles. The number of hydrogen-bond donors (Lipinski definition) is 1. The summed E-state index contributed by atoms with van der Waals surface area (Å²) in [6, 6.07) is 7.44. The molecule has 1 amide bonds. The number of fused-ring (bicyclic) bond motifs is 1. The molecule has 8 heteroatoms. The Bertz CT molecular complexity index is 983. The van der Waals surface area contributed by atoms with Gasteiger partial charge in [0, 0.05) is 22.4 Å². The lowest BCUT2D eigenvalue weighted by Crippen LogP contribution is -2.26. The largest absolute Gasteiger partial charge is 0.486 e. The first-order valence-corrected chi connectivity index (χ1v) is 10.6. The second kappa shape index (κ2) is 7.88. The molecular weight excluding hydrogens is 404 g/mol. The van der Waals surface area contributed by atoms with Gasteiger partial charge < -0.3 is 14.8 Å². The number of halogens is 1. The van der Waals surface area contributed by atoms with Crippen LogP contribution in [0.1, 0.15) is 20.2 Å². The first-order valence-electron chi connectivity index (χ1n) is 8.49. The number of ether oxygens (including phenoxy) is 2. The van der Waals surface area contributed by atoms with Crippen LogP contribution in [0.15, 0.2) is 29.6 Å². The number of thiazole rings is 1. The van der Waals surface area contributed by atoms with Crippen molar-refractivity contribution in [2.75, 3.05) is 19.8 Å². The molecule has 0 spiro atoms. The van der Waals surface area contributed by atoms with Crippen LogP contribution in [0.25, 0.3) is 10.6 Å². The van der Waals surface area contributed by atoms with Crippen LogP contribution in [0.4, 0.5) is 0 Å². The standard InChI is InChI=1S/C19H17ClN2O3S2/c1-11-22-15(10-26-11)17-3-2-13(27-17)4-5-21-19(23)12-8-14(20)18-16(9-12)24-6-7-25-18/h2-3,8-10H,4-7H2,1H3,(H,21,23). The van der Waals surface area contributed by atoms with E-state index in [-0.39, 0.29) is 5.91 Å². The monoisotopic (exact) mass is 420 g/mol. The molecule has 5 nitrogen and oxygen atoms in total. The van der Waals surface area contributed by atoms with Gasteiger partial charge in [-0.25, -0.2) is 4.98 Å². The summed E-state index contributed by atoms with van der Waals surface area (Å²) in [6.07, 6.45) is 0.762. The van der Waals surface area contributed by atoms with E-state index >= 15 is 0 Å². The second-order valence-corrected chi connectivity index (χ2v) is 8.64. The topological polar surface area (TPSA) is 60.5 Å². The Kier molecular flexibility index (Phi) is 5.33. The maximum absolute atomic E-state index is 12.4. The van der Waals surface area contributed by atoms with Crippen molar-refractivity contribution in [1.82, 2.24) is 10.3 Å². The van der Waals surface area contributed by atoms with Gasteiger partial charge in [0.2, 0.25) is 0 Å². The molecule has 0 bridgehead atoms. The Labute approximate surface area is 169 Å². The third-order valence-corrected chi connectivity index (χ3v) is 6.27. The number of amides is 1. The van der Waals surface area contributed by atoms with Crippen LogP contribution in [-0.2, 0) is 6.42 Å². The number of nitrogens with one attached hydrogen (secondary N) is 1. The summed E-state index contributed by atoms with van der Waals surface area (Å²) >= 11 is 9.55. The summed E-state index contributed by atoms with van der Waals surface area (Å²) in [5.74, 6) is 0.837. The minimum Gasteiger partial charge on any atom is -0.486 e. The summed E-state index contributed by atoms with van der Waals surface area (Å²) in [4.78, 5) is 19.3. The maximum Gasteiger partial charge on any atom is 0.251 e. The van der Waals surface area contributed by atoms with Crippen molar-refractivity contribution in [3.05, 3.63) is 50.1 Å². The zero-order valence-electron chi connectivity index (χ0n) is 14.6. The summed E-state index contributed by atoms with van der Waals surface area (Å²) in [7, 11) is 0. The quantitative estimate of drug-likeness (QED) is 0.656. The predicted molar refractivity (Wildman–Crippen MR) is 109 cm³/mol. The molecule has 4 rings (SSSR count). The highest BCUT2D eigenvalue weighted by molar-refractivity contribution is 7.16. The van der Waals surface area contributed by atoms with E-state index in [0.717, 1.165) is 22.0 Å². The van der Waals surface area contributed by atoms with Crippen LogP contribution in [-0.4, -0.2) is 30.6 Å². The number of nitrogens with zero attached hydrogens (tertiary/aromatic N) is 1. The van der Waals surface area contributed by atoms with Gasteiger partial charge in [-0.05, 0) is 37.6 Å². The first-order chi connectivity index (χ1) is 13.1. The molecule has 0 atom stereocenters. The molecule has 0 radical (unpaired) electrons. The van der Waals surface area contributed by atoms with Gasteiger partial charge in [-0.2, -0.15) is 0 Å². The smallest absolute Gasteiger partial charge is 0.251 e. The molecular formula is C19H17ClN2O3S2. The minimum atomic E-state index is -0.180. The molecule has 27 heavy (non-hydrogen) atoms. The lowest BCUT2D eigenvalue weighted by atomic mass is 10.1. The van der Waals surface area contributed by atoms with E-state index in [4.69, 9.17) is 21.1 Å². The van der Waals surface area contributed by atoms with Crippen molar-refractivity contribution >= 4 is 40.2 Å². The average Bonchev–Trinajstić information content (AvgIpc) is 3.30. The Morgan fingerprint density at radius 3 is 2.96 bits per heavy atom. The molecule has 0 fully saturated rings. The molecule has 1 aliphatic heterocycles. The van der Waals surface area contributed by atoms with Crippen molar-refractivity contribution < 1.29 is 14.3 Å². The summed E-state index contributed by atoms with van der Waals surface area (Å²) in [5.41, 5.74) is 1.48. The van der Waals surface area contributed by atoms with E-state index in [2.05, 4.69) is 27.8 Å². The van der Waals surface area contributed by atoms with Crippen LogP contribution >= 0.6 is 34.3 Å². The summed E-state index contributed by atoms with van der Waals surface area (Å²) < 4.78 is 11.0. The number of carbonyl (C=O) groups excluding carboxylic acids is 1. The predicted octanol–water partition coefficient (Wildman–Crippen LogP) is 4.58. The number of carbonyl (C=O) groups is 1. The van der Waals surface area contributed by atoms with Crippen LogP contribution in [0, 0.1) is 6.92 Å². The lowest BCUT2D eigenvalue weighted by Gasteiger charge is -2.20. The highest BCUT2D eigenvalue weighted by Crippen LogP contribution is 2.38. The van der Waals surface area contributed by atoms with Crippen molar-refractivity contribution in [2.45, 2.75) is 13.3 Å². The van der Waals surface area contributed by atoms with Crippen molar-refractivity contribution in [3.8, 4) is 22.1 Å². The molecule has 0 aliphatic carbocycles. The van der Waals surface area contributed by atoms with Crippen LogP contribution in [0.5, 0.6) is 11.5 Å². The molecule has 0 unspecified atom stereocenters. The summed E-state index contributed by atoms with van der Waals surface area (Å²) in [5, 5.41) is 6.45. The SMILES string of the molecule is Cc1nc(-c2ccc(CCNC(=O)c3cc(Cl)c4c(c3)OCCO4)s2)cs1. The Morgan fingerprint density at radius 1 is 1.30 bits per heavy atom. The number of rotatable bonds is 5. The van der Waals surface area contributed by atoms with Gasteiger partial charge in [-0.3, -0.25) is 4.79 Å². The fraction of sp³-hybridized carbons (Fsp3) is 0.263. The van der Waals surface area contributed by atoms with E-state index in [1.807, 2.05) is 6.92 Å². The minimum absolute atomic E-state index is 0.180. The molecule has 1 aromatic carbocycles. The molecule has 140 valence electrons. The Balaban J connectivity index is 1.36. The fourth-order valence-corrected chi connectivity index (χ4v) is 4.69. The zero-order valence-corrected chi connectivity index (χ0v) is 17.0. The van der Waals surface area contributed by atoms with Crippen LogP contribution in [0.3, 0.4) is 0 Å². The van der Waals surface area contributed by atoms with Gasteiger partial charge in [0.1, 0.15) is 13.2 Å². The number of benzene rings is 1. The first kappa shape index (κ1) is 18.3. The highest BCUT2D eigenvalue weighted by Gasteiger charge is 2.19. The van der Waals surface area contributed by atoms with Crippen molar-refractivity contribution in [2.24, 2.45) is 0 Å². The molecule has 2 aromatic heterocycles. The molecule has 0 saturated carbocycles. The third-order valence-electron chi connectivity index (χ3n) is 4.05. The molecule has 3 heterocycles. The third kappa shape index (κ3) is 4.10. The van der Waals surface area contributed by atoms with Gasteiger partial charge in [0.25, 0.3) is 5.91 Å². The van der Waals surface area contributed by atoms with Crippen LogP contribution < -0.4 is 14.8 Å². The van der Waals surface area contributed by atoms with Gasteiger partial charge in [-0.1, -0.05) is 11.6 Å². The van der Waals surface area contributed by atoms with Crippen LogP contribution in [0.2, 0.25) is 5.02 Å². The zero-order chi connectivity index (χ0) is 18.8. The van der Waals surface area contributed by atoms with E-state index in [1.54, 1.807) is 34.8 Å². The van der Waals surface area contributed by atoms with Gasteiger partial charge in [-0.15, -0.1) is 22.7 Å². The van der Waals surface area contributed by atoms with Gasteiger partial charge in [0.05, 0.1) is 20.6 Å². The van der Waals surface area contributed by atoms with E-state index < -0.39 is 0 Å². The summed E-state index contributed by atoms with van der Waals surface area (Å²) in [6.45, 7) is 3.46. The second-order valence-electron chi connectivity index (χ2n) is 6.01. The Morgan fingerprint density at radius 2 is 2.15 bits per heavy atom. The van der Waals surface area contributed by atoms with E-state index in [0.29, 0.717) is 41.8 Å². The van der Waals surface area contributed by atoms with Crippen molar-refractivity contribution in [3.63, 3.8) is 0 Å². The van der Waals surface area contributed by atoms with Crippen molar-refractivity contribution in [1.29, 1.82) is 0 Å². The van der Waals surface area contributed by atoms with E-state index in [1.165, 1.54) is 4.88 Å². The highest BCUT2D eigenvalue weighted by atomic mass is 35.5. The van der Waals surface area contributed by atoms with Gasteiger partial charge in [0.15, 0.2) is 11.5 Å². The number of thiophene rings is 1. The maximum atomic E-state index is 12.4. The number of aryl methyl sites for hydroxylation is 1. The number of hydrogen-bond acceptors (Lipinski definition) is 6. The molecule has 1 aliphatic rings. The van der Waals surface area contributed by atoms with E-state index in [9.17, 15) is 4.79 Å². The molecule has 1 N–H and O–H groups in total. The Hall–Kier alpha value is -2.09. The fourth-order valence-electron chi connectivity index (χ4n) is 2.77. The number of aromatic nitrogens is 1.